The molecule has 0 radical (unpaired) electrons. The van der Waals surface area contributed by atoms with Gasteiger partial charge in [0.05, 0.1) is 57.3 Å². The molecule has 578 valence electrons. The zero-order chi connectivity index (χ0) is 74.5. The normalized spacial score (nSPS) is 19.0. The second-order valence-corrected chi connectivity index (χ2v) is 24.4. The number of methoxy groups -OCH3 is 2. The Morgan fingerprint density at radius 1 is 0.530 bits per heavy atom. The van der Waals surface area contributed by atoms with Gasteiger partial charge in [-0.2, -0.15) is 0 Å². The molecule has 0 aromatic carbocycles. The van der Waals surface area contributed by atoms with Crippen LogP contribution in [-0.2, 0) is 18.9 Å². The van der Waals surface area contributed by atoms with E-state index in [4.69, 9.17) is 46.6 Å². The number of aliphatic imine (C=N–C) groups is 8. The van der Waals surface area contributed by atoms with Gasteiger partial charge in [0, 0.05) is 201 Å². The van der Waals surface area contributed by atoms with Crippen molar-refractivity contribution in [3.63, 3.8) is 0 Å². The minimum Gasteiger partial charge on any atom is -0.463 e. The first kappa shape index (κ1) is 90.1. The molecule has 0 aromatic heterocycles. The number of nitrogens with two attached hydrogens (primary N) is 2. The zero-order valence-corrected chi connectivity index (χ0v) is 65.2. The third kappa shape index (κ3) is 39.8. The fraction of sp³-hybridized carbons (Fsp3) is 0.833. The standard InChI is InChI=1S/C8H16N2O.C7H15N3O.2C7H15N3.2C6H13N3.C6H12N2O.2C5H11N3.C5H10N2O.C4H9N3/c1-7(9)10-5-3-8(11-2)4-6-10;1-11-6-2-4-10(5-3-6)7(8)9;1-6-2-4-10(5-3-6)7(8)9;1-4-9(2)7-8-5-6-10(7)3;1-3-9(2)6-7-4-5-8-6;1-3-7-6-8-4-5-9(6)2;1-3-8(2)6-7-4-5-9-6;1-6-5-7-3-4-8(5)2;2*1-2-6-5-7-3-4-8-5;1-5-4-6-2-3-7-4/h8-9H,3-6H2,1-2H3;6H,2-5H2,1H3,(H3,8,9);6H,2-5H2,1H3,(H3,8,9);4-6H2,1-3H3;2*3-5H2,1-2H3,(H,7,8);3-5H2,1-2H3;3-4H2,1-2H3,(H,6,7);2-4H2,1H3,(H2,6,7,8);2-4H2,1H3,(H,6,7);2-3H2,1H3,(H2,5,6,7). The van der Waals surface area contributed by atoms with Gasteiger partial charge in [-0.25, -0.2) is 9.98 Å². The Labute approximate surface area is 602 Å². The molecular formula is C66H140N30O4. The highest BCUT2D eigenvalue weighted by molar-refractivity contribution is 5.84. The lowest BCUT2D eigenvalue weighted by Crippen LogP contribution is -2.43. The number of likely N-dealkylation sites (tertiary alicyclic amines) is 3. The summed E-state index contributed by atoms with van der Waals surface area (Å²) in [7, 11) is 19.3. The maximum absolute atomic E-state index is 7.40. The van der Waals surface area contributed by atoms with Crippen LogP contribution < -0.4 is 54.0 Å². The van der Waals surface area contributed by atoms with Crippen molar-refractivity contribution < 1.29 is 18.9 Å². The average molecular weight is 1420 g/mol. The molecule has 11 heterocycles. The van der Waals surface area contributed by atoms with Crippen LogP contribution in [0.15, 0.2) is 39.9 Å². The number of rotatable bonds is 8. The molecule has 0 aromatic rings. The number of nitrogens with one attached hydrogen (secondary N) is 11. The molecule has 0 aliphatic carbocycles. The van der Waals surface area contributed by atoms with Crippen LogP contribution in [0, 0.1) is 22.1 Å². The molecular weight excluding hydrogens is 1280 g/mol. The summed E-state index contributed by atoms with van der Waals surface area (Å²) in [6.07, 6.45) is 7.24. The Bertz CT molecular complexity index is 2340. The topological polar surface area (TPSA) is 385 Å². The Morgan fingerprint density at radius 3 is 1.42 bits per heavy atom. The lowest BCUT2D eigenvalue weighted by molar-refractivity contribution is 0.0574. The minimum absolute atomic E-state index is 0.180. The SMILES string of the molecule is CC1CCN(C(=N)N)CC1.CCN(C)C1=NCCN1.CCN(C)C1=NCCN1C.CCN(C)C1=NCCO1.CCNC1=NCCN1.CCNC1=NCCN1C.CCNC1=NCCO1.CN=C1NCCN1.CN=C1NCCN1C.COC1CCN(C(=N)N)CC1.COC1CCN(C(C)=N)CC1. The van der Waals surface area contributed by atoms with Gasteiger partial charge < -0.3 is 117 Å². The summed E-state index contributed by atoms with van der Waals surface area (Å²) in [5.41, 5.74) is 10.6. The number of guanidine groups is 8. The van der Waals surface area contributed by atoms with E-state index in [0.717, 1.165) is 257 Å². The minimum atomic E-state index is 0.180. The highest BCUT2D eigenvalue weighted by Crippen LogP contribution is 2.15. The first-order valence-electron chi connectivity index (χ1n) is 36.3. The Hall–Kier alpha value is -7.91. The van der Waals surface area contributed by atoms with E-state index in [1.54, 1.807) is 28.3 Å². The van der Waals surface area contributed by atoms with E-state index >= 15 is 0 Å². The van der Waals surface area contributed by atoms with E-state index in [1.807, 2.05) is 49.7 Å². The quantitative estimate of drug-likeness (QED) is 0.115. The number of likely N-dealkylation sites (N-methyl/N-ethyl adjacent to an activating group) is 3. The van der Waals surface area contributed by atoms with Crippen LogP contribution in [0.3, 0.4) is 0 Å². The van der Waals surface area contributed by atoms with Crippen LogP contribution in [-0.4, -0.2) is 376 Å². The fourth-order valence-electron chi connectivity index (χ4n) is 10.1. The Balaban J connectivity index is 0.000000551. The second kappa shape index (κ2) is 55.8. The maximum atomic E-state index is 7.40. The summed E-state index contributed by atoms with van der Waals surface area (Å²) < 4.78 is 20.6. The lowest BCUT2D eigenvalue weighted by atomic mass is 10.00. The average Bonchev–Trinajstić information content (AvgIpc) is 1.25. The third-order valence-corrected chi connectivity index (χ3v) is 16.8. The van der Waals surface area contributed by atoms with Gasteiger partial charge in [0.25, 0.3) is 12.0 Å². The monoisotopic (exact) mass is 1420 g/mol. The number of hydrogen-bond acceptors (Lipinski definition) is 25. The lowest BCUT2D eigenvalue weighted by Gasteiger charge is -2.31. The summed E-state index contributed by atoms with van der Waals surface area (Å²) in [4.78, 5) is 51.5. The van der Waals surface area contributed by atoms with Gasteiger partial charge >= 0.3 is 0 Å². The van der Waals surface area contributed by atoms with E-state index in [-0.39, 0.29) is 11.9 Å². The van der Waals surface area contributed by atoms with E-state index in [9.17, 15) is 0 Å². The highest BCUT2D eigenvalue weighted by atomic mass is 16.5. The van der Waals surface area contributed by atoms with Crippen molar-refractivity contribution >= 4 is 65.6 Å². The van der Waals surface area contributed by atoms with E-state index in [0.29, 0.717) is 24.1 Å². The zero-order valence-electron chi connectivity index (χ0n) is 65.2. The molecule has 11 aliphatic rings. The maximum Gasteiger partial charge on any atom is 0.287 e. The summed E-state index contributed by atoms with van der Waals surface area (Å²) in [6, 6.07) is 1.49. The molecule has 5 saturated heterocycles. The Morgan fingerprint density at radius 2 is 1.05 bits per heavy atom. The second-order valence-electron chi connectivity index (χ2n) is 24.4. The van der Waals surface area contributed by atoms with Crippen LogP contribution in [0.4, 0.5) is 0 Å². The smallest absolute Gasteiger partial charge is 0.287 e. The number of nitrogens with zero attached hydrogens (tertiary/aromatic N) is 17. The summed E-state index contributed by atoms with van der Waals surface area (Å²) >= 11 is 0. The molecule has 0 amide bonds. The summed E-state index contributed by atoms with van der Waals surface area (Å²) in [5.74, 6) is 7.98. The van der Waals surface area contributed by atoms with Crippen molar-refractivity contribution in [1.82, 2.24) is 86.6 Å². The third-order valence-electron chi connectivity index (χ3n) is 16.8. The van der Waals surface area contributed by atoms with Gasteiger partial charge in [-0.05, 0) is 92.9 Å². The van der Waals surface area contributed by atoms with Crippen molar-refractivity contribution in [2.45, 2.75) is 106 Å². The van der Waals surface area contributed by atoms with Gasteiger partial charge in [-0.3, -0.25) is 46.2 Å². The molecule has 0 bridgehead atoms. The molecule has 0 unspecified atom stereocenters. The molecule has 100 heavy (non-hydrogen) atoms. The van der Waals surface area contributed by atoms with Crippen molar-refractivity contribution in [2.75, 3.05) is 254 Å². The number of piperidine rings is 3. The van der Waals surface area contributed by atoms with E-state index in [1.165, 1.54) is 12.8 Å². The molecule has 0 saturated carbocycles. The van der Waals surface area contributed by atoms with Crippen LogP contribution in [0.1, 0.15) is 93.9 Å². The van der Waals surface area contributed by atoms with Gasteiger partial charge in [0.15, 0.2) is 47.7 Å². The predicted octanol–water partition coefficient (Wildman–Crippen LogP) is 0.265. The van der Waals surface area contributed by atoms with Crippen LogP contribution in [0.2, 0.25) is 0 Å². The van der Waals surface area contributed by atoms with E-state index < -0.39 is 0 Å². The predicted molar refractivity (Wildman–Crippen MR) is 417 cm³/mol. The first-order valence-corrected chi connectivity index (χ1v) is 36.3. The largest absolute Gasteiger partial charge is 0.463 e. The van der Waals surface area contributed by atoms with E-state index in [2.05, 4.69) is 175 Å². The molecule has 34 nitrogen and oxygen atoms in total. The number of ether oxygens (including phenoxy) is 4. The first-order chi connectivity index (χ1) is 48.1. The van der Waals surface area contributed by atoms with Crippen molar-refractivity contribution in [3.05, 3.63) is 0 Å². The molecule has 0 spiro atoms. The fourth-order valence-corrected chi connectivity index (χ4v) is 10.1. The van der Waals surface area contributed by atoms with Gasteiger partial charge in [0.2, 0.25) is 0 Å². The molecule has 15 N–H and O–H groups in total. The molecule has 5 fully saturated rings. The summed E-state index contributed by atoms with van der Waals surface area (Å²) in [5, 5.41) is 46.5. The highest BCUT2D eigenvalue weighted by Gasteiger charge is 2.21. The van der Waals surface area contributed by atoms with Crippen LogP contribution in [0.5, 0.6) is 0 Å². The Kier molecular flexibility index (Phi) is 50.3. The van der Waals surface area contributed by atoms with Gasteiger partial charge in [0.1, 0.15) is 13.2 Å². The molecule has 11 rings (SSSR count). The van der Waals surface area contributed by atoms with Gasteiger partial charge in [-0.1, -0.05) is 6.92 Å². The van der Waals surface area contributed by atoms with Gasteiger partial charge in [-0.15, -0.1) is 0 Å². The molecule has 34 heteroatoms. The summed E-state index contributed by atoms with van der Waals surface area (Å²) in [6.45, 7) is 43.1. The number of amidine groups is 3. The molecule has 0 atom stereocenters. The van der Waals surface area contributed by atoms with Crippen molar-refractivity contribution in [3.8, 4) is 0 Å². The van der Waals surface area contributed by atoms with Crippen LogP contribution >= 0.6 is 0 Å². The van der Waals surface area contributed by atoms with Crippen molar-refractivity contribution in [1.29, 1.82) is 16.2 Å². The van der Waals surface area contributed by atoms with Crippen LogP contribution in [0.25, 0.3) is 0 Å². The van der Waals surface area contributed by atoms with Crippen molar-refractivity contribution in [2.24, 2.45) is 57.3 Å². The number of hydrogen-bond donors (Lipinski definition) is 13. The molecule has 11 aliphatic heterocycles.